The summed E-state index contributed by atoms with van der Waals surface area (Å²) in [6, 6.07) is 7.82. The second-order valence-electron chi connectivity index (χ2n) is 5.69. The van der Waals surface area contributed by atoms with Crippen LogP contribution in [0.2, 0.25) is 0 Å². The highest BCUT2D eigenvalue weighted by Crippen LogP contribution is 2.32. The van der Waals surface area contributed by atoms with Crippen molar-refractivity contribution >= 4 is 10.0 Å². The lowest BCUT2D eigenvalue weighted by atomic mass is 10.0. The molecule has 6 heteroatoms. The van der Waals surface area contributed by atoms with Crippen molar-refractivity contribution in [3.8, 4) is 5.75 Å². The average molecular weight is 312 g/mol. The number of piperazine rings is 1. The minimum Gasteiger partial charge on any atom is -0.496 e. The van der Waals surface area contributed by atoms with Gasteiger partial charge in [0, 0.05) is 25.2 Å². The molecule has 5 nitrogen and oxygen atoms in total. The zero-order chi connectivity index (χ0) is 15.6. The van der Waals surface area contributed by atoms with Gasteiger partial charge in [-0.2, -0.15) is 4.31 Å². The molecule has 1 aliphatic heterocycles. The van der Waals surface area contributed by atoms with E-state index in [1.165, 1.54) is 0 Å². The van der Waals surface area contributed by atoms with Gasteiger partial charge >= 0.3 is 0 Å². The number of methoxy groups -OCH3 is 1. The van der Waals surface area contributed by atoms with Gasteiger partial charge in [-0.05, 0) is 27.0 Å². The molecule has 0 aliphatic carbocycles. The number of likely N-dealkylation sites (N-methyl/N-ethyl adjacent to an activating group) is 1. The van der Waals surface area contributed by atoms with Gasteiger partial charge in [0.25, 0.3) is 0 Å². The molecule has 1 saturated heterocycles. The zero-order valence-electron chi connectivity index (χ0n) is 13.1. The number of nitrogens with zero attached hydrogens (tertiary/aromatic N) is 2. The highest BCUT2D eigenvalue weighted by atomic mass is 32.2. The molecule has 0 radical (unpaired) electrons. The third-order valence-electron chi connectivity index (χ3n) is 4.06. The van der Waals surface area contributed by atoms with Crippen molar-refractivity contribution in [2.45, 2.75) is 25.1 Å². The normalized spacial score (nSPS) is 21.7. The molecule has 1 aromatic carbocycles. The highest BCUT2D eigenvalue weighted by molar-refractivity contribution is 7.89. The number of ether oxygens (including phenoxy) is 1. The Kier molecular flexibility index (Phi) is 4.91. The molecule has 1 aromatic rings. The molecule has 118 valence electrons. The Morgan fingerprint density at radius 3 is 2.52 bits per heavy atom. The van der Waals surface area contributed by atoms with Crippen LogP contribution in [0.25, 0.3) is 0 Å². The fourth-order valence-electron chi connectivity index (χ4n) is 2.66. The molecule has 0 saturated carbocycles. The van der Waals surface area contributed by atoms with Crippen LogP contribution in [0.3, 0.4) is 0 Å². The third-order valence-corrected chi connectivity index (χ3v) is 6.31. The summed E-state index contributed by atoms with van der Waals surface area (Å²) in [5.74, 6) is 0.804. The number of rotatable bonds is 4. The van der Waals surface area contributed by atoms with Crippen LogP contribution in [0, 0.1) is 0 Å². The number of sulfonamides is 1. The molecule has 0 bridgehead atoms. The summed E-state index contributed by atoms with van der Waals surface area (Å²) in [5.41, 5.74) is 1.03. The summed E-state index contributed by atoms with van der Waals surface area (Å²) >= 11 is 0. The summed E-state index contributed by atoms with van der Waals surface area (Å²) in [6.07, 6.45) is 0. The lowest BCUT2D eigenvalue weighted by molar-refractivity contribution is 0.145. The second-order valence-corrected chi connectivity index (χ2v) is 8.18. The summed E-state index contributed by atoms with van der Waals surface area (Å²) in [6.45, 7) is 5.19. The summed E-state index contributed by atoms with van der Waals surface area (Å²) in [4.78, 5) is 2.18. The van der Waals surface area contributed by atoms with E-state index in [0.717, 1.165) is 11.3 Å². The maximum Gasteiger partial charge on any atom is 0.216 e. The number of benzene rings is 1. The lowest BCUT2D eigenvalue weighted by Crippen LogP contribution is -2.50. The van der Waals surface area contributed by atoms with Gasteiger partial charge in [-0.3, -0.25) is 4.90 Å². The maximum atomic E-state index is 12.4. The minimum atomic E-state index is -3.22. The summed E-state index contributed by atoms with van der Waals surface area (Å²) in [7, 11) is 0.449. The van der Waals surface area contributed by atoms with Crippen LogP contribution in [-0.2, 0) is 10.0 Å². The Morgan fingerprint density at radius 1 is 1.24 bits per heavy atom. The van der Waals surface area contributed by atoms with Crippen molar-refractivity contribution in [2.24, 2.45) is 0 Å². The van der Waals surface area contributed by atoms with Gasteiger partial charge in [-0.15, -0.1) is 0 Å². The maximum absolute atomic E-state index is 12.4. The fourth-order valence-corrected chi connectivity index (χ4v) is 3.94. The Morgan fingerprint density at radius 2 is 1.90 bits per heavy atom. The van der Waals surface area contributed by atoms with Gasteiger partial charge in [-0.25, -0.2) is 8.42 Å². The standard InChI is InChI=1S/C15H24N2O3S/c1-12(2)21(18,19)17-10-9-16(3)14(11-17)13-7-5-6-8-15(13)20-4/h5-8,12,14H,9-11H2,1-4H3/t14-/m0/s1. The first-order chi connectivity index (χ1) is 9.87. The SMILES string of the molecule is COc1ccccc1[C@@H]1CN(S(=O)(=O)C(C)C)CCN1C. The number of hydrogen-bond acceptors (Lipinski definition) is 4. The molecular formula is C15H24N2O3S. The van der Waals surface area contributed by atoms with Gasteiger partial charge < -0.3 is 4.74 Å². The molecule has 0 aromatic heterocycles. The van der Waals surface area contributed by atoms with Crippen LogP contribution in [-0.4, -0.2) is 56.7 Å². The van der Waals surface area contributed by atoms with Gasteiger partial charge in [-0.1, -0.05) is 18.2 Å². The molecule has 1 fully saturated rings. The molecule has 1 aliphatic rings. The van der Waals surface area contributed by atoms with E-state index in [9.17, 15) is 8.42 Å². The third kappa shape index (κ3) is 3.22. The first-order valence-corrected chi connectivity index (χ1v) is 8.70. The molecule has 0 N–H and O–H groups in total. The predicted octanol–water partition coefficient (Wildman–Crippen LogP) is 1.72. The van der Waals surface area contributed by atoms with E-state index in [1.807, 2.05) is 31.3 Å². The van der Waals surface area contributed by atoms with Crippen LogP contribution in [0.1, 0.15) is 25.5 Å². The smallest absolute Gasteiger partial charge is 0.216 e. The number of hydrogen-bond donors (Lipinski definition) is 0. The first-order valence-electron chi connectivity index (χ1n) is 7.20. The van der Waals surface area contributed by atoms with E-state index in [2.05, 4.69) is 4.90 Å². The predicted molar refractivity (Wildman–Crippen MR) is 84.0 cm³/mol. The highest BCUT2D eigenvalue weighted by Gasteiger charge is 2.34. The van der Waals surface area contributed by atoms with Crippen molar-refractivity contribution < 1.29 is 13.2 Å². The second kappa shape index (κ2) is 6.34. The quantitative estimate of drug-likeness (QED) is 0.849. The van der Waals surface area contributed by atoms with Crippen molar-refractivity contribution in [3.63, 3.8) is 0 Å². The van der Waals surface area contributed by atoms with E-state index < -0.39 is 10.0 Å². The largest absolute Gasteiger partial charge is 0.496 e. The molecule has 21 heavy (non-hydrogen) atoms. The van der Waals surface area contributed by atoms with Crippen LogP contribution < -0.4 is 4.74 Å². The van der Waals surface area contributed by atoms with Crippen LogP contribution in [0.5, 0.6) is 5.75 Å². The molecule has 0 unspecified atom stereocenters. The van der Waals surface area contributed by atoms with Crippen LogP contribution in [0.15, 0.2) is 24.3 Å². The summed E-state index contributed by atoms with van der Waals surface area (Å²) < 4.78 is 31.8. The van der Waals surface area contributed by atoms with Crippen molar-refractivity contribution in [2.75, 3.05) is 33.8 Å². The van der Waals surface area contributed by atoms with E-state index >= 15 is 0 Å². The molecule has 0 amide bonds. The lowest BCUT2D eigenvalue weighted by Gasteiger charge is -2.40. The van der Waals surface area contributed by atoms with Crippen molar-refractivity contribution in [3.05, 3.63) is 29.8 Å². The van der Waals surface area contributed by atoms with Gasteiger partial charge in [0.05, 0.1) is 18.4 Å². The minimum absolute atomic E-state index is 0.0171. The fraction of sp³-hybridized carbons (Fsp3) is 0.600. The molecule has 1 atom stereocenters. The molecule has 1 heterocycles. The first kappa shape index (κ1) is 16.3. The van der Waals surface area contributed by atoms with Crippen LogP contribution in [0.4, 0.5) is 0 Å². The van der Waals surface area contributed by atoms with E-state index in [4.69, 9.17) is 4.74 Å². The zero-order valence-corrected chi connectivity index (χ0v) is 13.9. The van der Waals surface area contributed by atoms with Gasteiger partial charge in [0.15, 0.2) is 0 Å². The van der Waals surface area contributed by atoms with Crippen LogP contribution >= 0.6 is 0 Å². The number of para-hydroxylation sites is 1. The topological polar surface area (TPSA) is 49.9 Å². The van der Waals surface area contributed by atoms with Crippen molar-refractivity contribution in [1.29, 1.82) is 0 Å². The van der Waals surface area contributed by atoms with Gasteiger partial charge in [0.2, 0.25) is 10.0 Å². The Bertz CT molecular complexity index is 586. The Labute approximate surface area is 127 Å². The Balaban J connectivity index is 2.31. The van der Waals surface area contributed by atoms with E-state index in [1.54, 1.807) is 25.3 Å². The average Bonchev–Trinajstić information content (AvgIpc) is 2.47. The molecule has 2 rings (SSSR count). The van der Waals surface area contributed by atoms with E-state index in [0.29, 0.717) is 19.6 Å². The molecular weight excluding hydrogens is 288 g/mol. The molecule has 0 spiro atoms. The van der Waals surface area contributed by atoms with E-state index in [-0.39, 0.29) is 11.3 Å². The summed E-state index contributed by atoms with van der Waals surface area (Å²) in [5, 5.41) is -0.390. The van der Waals surface area contributed by atoms with Crippen molar-refractivity contribution in [1.82, 2.24) is 9.21 Å². The monoisotopic (exact) mass is 312 g/mol. The Hall–Kier alpha value is -1.11. The van der Waals surface area contributed by atoms with Gasteiger partial charge in [0.1, 0.15) is 5.75 Å².